The quantitative estimate of drug-likeness (QED) is 0.808. The Kier molecular flexibility index (Phi) is 2.74. The van der Waals surface area contributed by atoms with E-state index in [1.165, 1.54) is 27.7 Å². The largest absolute Gasteiger partial charge is 0.493 e. The molecule has 2 aliphatic rings. The molecule has 0 spiro atoms. The van der Waals surface area contributed by atoms with Gasteiger partial charge in [0.2, 0.25) is 5.91 Å². The third-order valence-electron chi connectivity index (χ3n) is 4.86. The molecule has 110 valence electrons. The van der Waals surface area contributed by atoms with Crippen molar-refractivity contribution in [2.75, 3.05) is 13.2 Å². The van der Waals surface area contributed by atoms with E-state index in [0.717, 1.165) is 38.2 Å². The number of fused-ring (bicyclic) bond motifs is 4. The number of aryl methyl sites for hydroxylation is 1. The molecular formula is C17H20N2O2. The van der Waals surface area contributed by atoms with E-state index in [1.807, 2.05) is 4.90 Å². The van der Waals surface area contributed by atoms with E-state index in [9.17, 15) is 4.79 Å². The third kappa shape index (κ3) is 1.85. The lowest BCUT2D eigenvalue weighted by Crippen LogP contribution is -2.37. The molecule has 2 aromatic rings. The predicted octanol–water partition coefficient (Wildman–Crippen LogP) is 2.96. The van der Waals surface area contributed by atoms with Gasteiger partial charge in [0.05, 0.1) is 12.6 Å². The van der Waals surface area contributed by atoms with E-state index in [4.69, 9.17) is 4.74 Å². The molecule has 1 atom stereocenters. The zero-order chi connectivity index (χ0) is 14.6. The Morgan fingerprint density at radius 3 is 3.05 bits per heavy atom. The molecule has 21 heavy (non-hydrogen) atoms. The van der Waals surface area contributed by atoms with Crippen LogP contribution < -0.4 is 4.74 Å². The zero-order valence-corrected chi connectivity index (χ0v) is 12.5. The molecule has 1 N–H and O–H groups in total. The summed E-state index contributed by atoms with van der Waals surface area (Å²) in [4.78, 5) is 17.2. The van der Waals surface area contributed by atoms with Crippen LogP contribution in [0.1, 0.15) is 43.1 Å². The maximum atomic E-state index is 11.7. The standard InChI is InChI=1S/C17H20N2O2/c1-10-17-13(5-6-19(10)11(2)20)14-9-16-12(4-3-7-21-16)8-15(14)18-17/h8-10,18H,3-7H2,1-2H3. The number of benzene rings is 1. The Labute approximate surface area is 124 Å². The Morgan fingerprint density at radius 1 is 1.38 bits per heavy atom. The Bertz CT molecular complexity index is 732. The molecule has 1 amide bonds. The van der Waals surface area contributed by atoms with Crippen LogP contribution in [0.2, 0.25) is 0 Å². The van der Waals surface area contributed by atoms with Crippen LogP contribution in [0.5, 0.6) is 5.75 Å². The van der Waals surface area contributed by atoms with Gasteiger partial charge in [-0.1, -0.05) is 0 Å². The van der Waals surface area contributed by atoms with Crippen LogP contribution in [-0.2, 0) is 17.6 Å². The van der Waals surface area contributed by atoms with Gasteiger partial charge in [-0.2, -0.15) is 0 Å². The van der Waals surface area contributed by atoms with E-state index < -0.39 is 0 Å². The summed E-state index contributed by atoms with van der Waals surface area (Å²) in [6.07, 6.45) is 3.09. The fourth-order valence-corrected chi connectivity index (χ4v) is 3.76. The number of rotatable bonds is 0. The van der Waals surface area contributed by atoms with Crippen molar-refractivity contribution < 1.29 is 9.53 Å². The highest BCUT2D eigenvalue weighted by atomic mass is 16.5. The first-order chi connectivity index (χ1) is 10.1. The number of nitrogens with zero attached hydrogens (tertiary/aromatic N) is 1. The first-order valence-electron chi connectivity index (χ1n) is 7.72. The summed E-state index contributed by atoms with van der Waals surface area (Å²) < 4.78 is 5.80. The van der Waals surface area contributed by atoms with Gasteiger partial charge < -0.3 is 14.6 Å². The summed E-state index contributed by atoms with van der Waals surface area (Å²) in [6.45, 7) is 5.37. The van der Waals surface area contributed by atoms with Gasteiger partial charge in [0.25, 0.3) is 0 Å². The molecule has 0 fully saturated rings. The molecule has 1 aromatic heterocycles. The van der Waals surface area contributed by atoms with Crippen molar-refractivity contribution >= 4 is 16.8 Å². The number of aromatic nitrogens is 1. The topological polar surface area (TPSA) is 45.3 Å². The smallest absolute Gasteiger partial charge is 0.220 e. The van der Waals surface area contributed by atoms with Crippen molar-refractivity contribution in [1.82, 2.24) is 9.88 Å². The van der Waals surface area contributed by atoms with E-state index in [0.29, 0.717) is 0 Å². The average Bonchev–Trinajstić information content (AvgIpc) is 2.83. The van der Waals surface area contributed by atoms with E-state index >= 15 is 0 Å². The van der Waals surface area contributed by atoms with Gasteiger partial charge in [0.1, 0.15) is 5.75 Å². The normalized spacial score (nSPS) is 20.9. The fraction of sp³-hybridized carbons (Fsp3) is 0.471. The minimum absolute atomic E-state index is 0.122. The summed E-state index contributed by atoms with van der Waals surface area (Å²) in [5.74, 6) is 1.19. The van der Waals surface area contributed by atoms with Gasteiger partial charge >= 0.3 is 0 Å². The number of hydrogen-bond donors (Lipinski definition) is 1. The van der Waals surface area contributed by atoms with Crippen molar-refractivity contribution in [1.29, 1.82) is 0 Å². The SMILES string of the molecule is CC(=O)N1CCc2c([nH]c3cc4c(cc23)OCCC4)C1C. The summed E-state index contributed by atoms with van der Waals surface area (Å²) in [7, 11) is 0. The first kappa shape index (κ1) is 12.7. The second-order valence-corrected chi connectivity index (χ2v) is 6.11. The average molecular weight is 284 g/mol. The van der Waals surface area contributed by atoms with Crippen LogP contribution in [-0.4, -0.2) is 28.9 Å². The van der Waals surface area contributed by atoms with Gasteiger partial charge in [0.15, 0.2) is 0 Å². The zero-order valence-electron chi connectivity index (χ0n) is 12.5. The lowest BCUT2D eigenvalue weighted by Gasteiger charge is -2.32. The van der Waals surface area contributed by atoms with Gasteiger partial charge in [-0.25, -0.2) is 0 Å². The Balaban J connectivity index is 1.86. The van der Waals surface area contributed by atoms with Crippen LogP contribution in [0.25, 0.3) is 10.9 Å². The van der Waals surface area contributed by atoms with Crippen molar-refractivity contribution in [3.8, 4) is 5.75 Å². The number of H-pyrrole nitrogens is 1. The predicted molar refractivity (Wildman–Crippen MR) is 81.6 cm³/mol. The lowest BCUT2D eigenvalue weighted by molar-refractivity contribution is -0.131. The molecule has 4 nitrogen and oxygen atoms in total. The maximum Gasteiger partial charge on any atom is 0.220 e. The summed E-state index contributed by atoms with van der Waals surface area (Å²) in [5.41, 5.74) is 5.02. The van der Waals surface area contributed by atoms with Gasteiger partial charge in [-0.3, -0.25) is 4.79 Å². The van der Waals surface area contributed by atoms with Crippen LogP contribution in [0.15, 0.2) is 12.1 Å². The molecule has 1 unspecified atom stereocenters. The van der Waals surface area contributed by atoms with Crippen molar-refractivity contribution in [3.05, 3.63) is 29.0 Å². The molecule has 0 saturated heterocycles. The maximum absolute atomic E-state index is 11.7. The second kappa shape index (κ2) is 4.52. The number of carbonyl (C=O) groups is 1. The molecule has 0 bridgehead atoms. The lowest BCUT2D eigenvalue weighted by atomic mass is 9.96. The third-order valence-corrected chi connectivity index (χ3v) is 4.86. The van der Waals surface area contributed by atoms with Crippen LogP contribution in [0.3, 0.4) is 0 Å². The van der Waals surface area contributed by atoms with Gasteiger partial charge in [-0.05, 0) is 49.4 Å². The highest BCUT2D eigenvalue weighted by molar-refractivity contribution is 5.88. The molecule has 4 rings (SSSR count). The minimum atomic E-state index is 0.122. The molecule has 0 saturated carbocycles. The number of nitrogens with one attached hydrogen (secondary N) is 1. The van der Waals surface area contributed by atoms with Gasteiger partial charge in [0, 0.05) is 30.1 Å². The minimum Gasteiger partial charge on any atom is -0.493 e. The Hall–Kier alpha value is -1.97. The fourth-order valence-electron chi connectivity index (χ4n) is 3.76. The number of ether oxygens (including phenoxy) is 1. The van der Waals surface area contributed by atoms with E-state index in [2.05, 4.69) is 24.0 Å². The van der Waals surface area contributed by atoms with Crippen LogP contribution in [0, 0.1) is 0 Å². The molecular weight excluding hydrogens is 264 g/mol. The first-order valence-corrected chi connectivity index (χ1v) is 7.72. The van der Waals surface area contributed by atoms with Crippen LogP contribution >= 0.6 is 0 Å². The van der Waals surface area contributed by atoms with Gasteiger partial charge in [-0.15, -0.1) is 0 Å². The second-order valence-electron chi connectivity index (χ2n) is 6.11. The molecule has 0 radical (unpaired) electrons. The highest BCUT2D eigenvalue weighted by Gasteiger charge is 2.29. The molecule has 0 aliphatic carbocycles. The highest BCUT2D eigenvalue weighted by Crippen LogP contribution is 2.38. The summed E-state index contributed by atoms with van der Waals surface area (Å²) in [5, 5.41) is 1.26. The number of hydrogen-bond acceptors (Lipinski definition) is 2. The summed E-state index contributed by atoms with van der Waals surface area (Å²) in [6, 6.07) is 4.54. The van der Waals surface area contributed by atoms with Crippen LogP contribution in [0.4, 0.5) is 0 Å². The molecule has 2 aliphatic heterocycles. The monoisotopic (exact) mass is 284 g/mol. The molecule has 3 heterocycles. The summed E-state index contributed by atoms with van der Waals surface area (Å²) >= 11 is 0. The van der Waals surface area contributed by atoms with E-state index in [1.54, 1.807) is 6.92 Å². The number of carbonyl (C=O) groups excluding carboxylic acids is 1. The molecule has 1 aromatic carbocycles. The Morgan fingerprint density at radius 2 is 2.24 bits per heavy atom. The van der Waals surface area contributed by atoms with E-state index in [-0.39, 0.29) is 11.9 Å². The number of aromatic amines is 1. The van der Waals surface area contributed by atoms with Crippen molar-refractivity contribution in [2.24, 2.45) is 0 Å². The van der Waals surface area contributed by atoms with Crippen molar-refractivity contribution in [3.63, 3.8) is 0 Å². The number of amides is 1. The van der Waals surface area contributed by atoms with Crippen molar-refractivity contribution in [2.45, 2.75) is 39.2 Å². The molecule has 4 heteroatoms.